The minimum absolute atomic E-state index is 0.0781. The average molecular weight is 251 g/mol. The molecule has 1 fully saturated rings. The number of hydrogen-bond donors (Lipinski definition) is 1. The molecule has 2 rings (SSSR count). The van der Waals surface area contributed by atoms with E-state index in [9.17, 15) is 4.79 Å². The van der Waals surface area contributed by atoms with E-state index in [-0.39, 0.29) is 18.1 Å². The zero-order chi connectivity index (χ0) is 13.1. The summed E-state index contributed by atoms with van der Waals surface area (Å²) in [4.78, 5) is 17.8. The zero-order valence-corrected chi connectivity index (χ0v) is 10.5. The van der Waals surface area contributed by atoms with Gasteiger partial charge in [-0.15, -0.1) is 0 Å². The maximum absolute atomic E-state index is 12.3. The molecule has 0 bridgehead atoms. The number of nitrogens with zero attached hydrogens (tertiary/aromatic N) is 2. The number of hydrogen-bond acceptors (Lipinski definition) is 5. The number of rotatable bonds is 3. The van der Waals surface area contributed by atoms with Crippen LogP contribution in [0.4, 0.5) is 5.82 Å². The molecule has 1 amide bonds. The van der Waals surface area contributed by atoms with Crippen LogP contribution in [0.15, 0.2) is 18.3 Å². The van der Waals surface area contributed by atoms with Crippen molar-refractivity contribution in [3.05, 3.63) is 23.9 Å². The first-order chi connectivity index (χ1) is 8.65. The molecular formula is C12H17N3O3. The van der Waals surface area contributed by atoms with E-state index in [0.29, 0.717) is 24.5 Å². The number of carbonyl (C=O) groups is 1. The topological polar surface area (TPSA) is 77.7 Å². The molecule has 1 saturated heterocycles. The first-order valence-electron chi connectivity index (χ1n) is 5.72. The molecule has 1 aromatic rings. The molecule has 0 aromatic carbocycles. The first-order valence-corrected chi connectivity index (χ1v) is 5.72. The Kier molecular flexibility index (Phi) is 3.78. The van der Waals surface area contributed by atoms with Gasteiger partial charge in [-0.2, -0.15) is 0 Å². The van der Waals surface area contributed by atoms with Gasteiger partial charge in [0, 0.05) is 39.1 Å². The van der Waals surface area contributed by atoms with Gasteiger partial charge >= 0.3 is 0 Å². The standard InChI is InChI=1S/C12H17N3O3/c1-17-9-6-15(7-10(9)18-2)12(16)8-3-4-14-11(13)5-8/h3-5,9-10H,6-7H2,1-2H3,(H2,13,14). The molecule has 6 heteroatoms. The fourth-order valence-electron chi connectivity index (χ4n) is 2.13. The van der Waals surface area contributed by atoms with E-state index in [2.05, 4.69) is 4.98 Å². The molecule has 6 nitrogen and oxygen atoms in total. The van der Waals surface area contributed by atoms with Crippen LogP contribution in [0, 0.1) is 0 Å². The lowest BCUT2D eigenvalue weighted by atomic mass is 10.2. The summed E-state index contributed by atoms with van der Waals surface area (Å²) < 4.78 is 10.6. The molecule has 2 heterocycles. The van der Waals surface area contributed by atoms with E-state index in [1.807, 2.05) is 0 Å². The van der Waals surface area contributed by atoms with E-state index in [0.717, 1.165) is 0 Å². The number of likely N-dealkylation sites (tertiary alicyclic amines) is 1. The lowest BCUT2D eigenvalue weighted by Crippen LogP contribution is -2.30. The fourth-order valence-corrected chi connectivity index (χ4v) is 2.13. The Morgan fingerprint density at radius 3 is 2.50 bits per heavy atom. The molecule has 1 aliphatic rings. The zero-order valence-electron chi connectivity index (χ0n) is 10.5. The summed E-state index contributed by atoms with van der Waals surface area (Å²) in [6.07, 6.45) is 1.36. The number of aromatic nitrogens is 1. The van der Waals surface area contributed by atoms with E-state index in [1.165, 1.54) is 6.20 Å². The highest BCUT2D eigenvalue weighted by molar-refractivity contribution is 5.95. The minimum Gasteiger partial charge on any atom is -0.384 e. The molecule has 18 heavy (non-hydrogen) atoms. The van der Waals surface area contributed by atoms with Gasteiger partial charge in [0.25, 0.3) is 5.91 Å². The van der Waals surface area contributed by atoms with Crippen LogP contribution in [0.25, 0.3) is 0 Å². The van der Waals surface area contributed by atoms with Crippen molar-refractivity contribution < 1.29 is 14.3 Å². The molecule has 98 valence electrons. The number of anilines is 1. The van der Waals surface area contributed by atoms with Gasteiger partial charge in [0.05, 0.1) is 0 Å². The van der Waals surface area contributed by atoms with Gasteiger partial charge in [-0.05, 0) is 12.1 Å². The van der Waals surface area contributed by atoms with E-state index >= 15 is 0 Å². The summed E-state index contributed by atoms with van der Waals surface area (Å²) in [5.74, 6) is 0.261. The highest BCUT2D eigenvalue weighted by atomic mass is 16.5. The van der Waals surface area contributed by atoms with Crippen LogP contribution in [0.2, 0.25) is 0 Å². The summed E-state index contributed by atoms with van der Waals surface area (Å²) in [7, 11) is 3.24. The van der Waals surface area contributed by atoms with Crippen molar-refractivity contribution in [2.45, 2.75) is 12.2 Å². The Morgan fingerprint density at radius 1 is 1.39 bits per heavy atom. The van der Waals surface area contributed by atoms with Crippen molar-refractivity contribution in [2.75, 3.05) is 33.0 Å². The Bertz CT molecular complexity index is 426. The lowest BCUT2D eigenvalue weighted by Gasteiger charge is -2.15. The SMILES string of the molecule is COC1CN(C(=O)c2ccnc(N)c2)CC1OC. The fraction of sp³-hybridized carbons (Fsp3) is 0.500. The number of carbonyl (C=O) groups excluding carboxylic acids is 1. The molecule has 1 aromatic heterocycles. The van der Waals surface area contributed by atoms with Crippen LogP contribution in [-0.2, 0) is 9.47 Å². The largest absolute Gasteiger partial charge is 0.384 e. The second-order valence-corrected chi connectivity index (χ2v) is 4.23. The predicted molar refractivity (Wildman–Crippen MR) is 66.1 cm³/mol. The second-order valence-electron chi connectivity index (χ2n) is 4.23. The number of amides is 1. The smallest absolute Gasteiger partial charge is 0.254 e. The molecule has 0 radical (unpaired) electrons. The number of methoxy groups -OCH3 is 2. The normalized spacial score (nSPS) is 23.3. The average Bonchev–Trinajstić information content (AvgIpc) is 2.81. The third kappa shape index (κ3) is 2.44. The van der Waals surface area contributed by atoms with Crippen LogP contribution >= 0.6 is 0 Å². The molecule has 2 N–H and O–H groups in total. The predicted octanol–water partition coefficient (Wildman–Crippen LogP) is 0.150. The van der Waals surface area contributed by atoms with Gasteiger partial charge in [0.1, 0.15) is 18.0 Å². The van der Waals surface area contributed by atoms with Crippen LogP contribution < -0.4 is 5.73 Å². The maximum atomic E-state index is 12.3. The molecule has 1 aliphatic heterocycles. The van der Waals surface area contributed by atoms with Gasteiger partial charge in [0.15, 0.2) is 0 Å². The third-order valence-corrected chi connectivity index (χ3v) is 3.14. The van der Waals surface area contributed by atoms with Gasteiger partial charge < -0.3 is 20.1 Å². The van der Waals surface area contributed by atoms with Gasteiger partial charge in [-0.3, -0.25) is 4.79 Å². The summed E-state index contributed by atoms with van der Waals surface area (Å²) in [6.45, 7) is 1.05. The van der Waals surface area contributed by atoms with E-state index < -0.39 is 0 Å². The summed E-state index contributed by atoms with van der Waals surface area (Å²) in [6, 6.07) is 3.23. The molecular weight excluding hydrogens is 234 g/mol. The van der Waals surface area contributed by atoms with Gasteiger partial charge in [-0.1, -0.05) is 0 Å². The molecule has 0 saturated carbocycles. The highest BCUT2D eigenvalue weighted by Crippen LogP contribution is 2.18. The Hall–Kier alpha value is -1.66. The monoisotopic (exact) mass is 251 g/mol. The summed E-state index contributed by atoms with van der Waals surface area (Å²) >= 11 is 0. The Morgan fingerprint density at radius 2 is 2.00 bits per heavy atom. The van der Waals surface area contributed by atoms with Crippen molar-refractivity contribution in [3.8, 4) is 0 Å². The van der Waals surface area contributed by atoms with Crippen LogP contribution in [0.5, 0.6) is 0 Å². The number of nitrogens with two attached hydrogens (primary N) is 1. The van der Waals surface area contributed by atoms with Gasteiger partial charge in [-0.25, -0.2) is 4.98 Å². The first kappa shape index (κ1) is 12.8. The molecule has 2 unspecified atom stereocenters. The van der Waals surface area contributed by atoms with Crippen LogP contribution in [0.3, 0.4) is 0 Å². The van der Waals surface area contributed by atoms with Crippen molar-refractivity contribution >= 4 is 11.7 Å². The Labute approximate surface area is 106 Å². The third-order valence-electron chi connectivity index (χ3n) is 3.14. The second kappa shape index (κ2) is 5.32. The van der Waals surface area contributed by atoms with Crippen molar-refractivity contribution in [1.82, 2.24) is 9.88 Å². The number of pyridine rings is 1. The van der Waals surface area contributed by atoms with Crippen LogP contribution in [-0.4, -0.2) is 55.3 Å². The quantitative estimate of drug-likeness (QED) is 0.827. The van der Waals surface area contributed by atoms with Crippen LogP contribution in [0.1, 0.15) is 10.4 Å². The lowest BCUT2D eigenvalue weighted by molar-refractivity contribution is -0.00461. The maximum Gasteiger partial charge on any atom is 0.254 e. The van der Waals surface area contributed by atoms with Crippen molar-refractivity contribution in [3.63, 3.8) is 0 Å². The van der Waals surface area contributed by atoms with E-state index in [1.54, 1.807) is 31.3 Å². The molecule has 0 spiro atoms. The Balaban J connectivity index is 2.11. The number of ether oxygens (including phenoxy) is 2. The van der Waals surface area contributed by atoms with Gasteiger partial charge in [0.2, 0.25) is 0 Å². The molecule has 0 aliphatic carbocycles. The van der Waals surface area contributed by atoms with Crippen molar-refractivity contribution in [2.24, 2.45) is 0 Å². The molecule has 2 atom stereocenters. The highest BCUT2D eigenvalue weighted by Gasteiger charge is 2.35. The van der Waals surface area contributed by atoms with Crippen molar-refractivity contribution in [1.29, 1.82) is 0 Å². The summed E-state index contributed by atoms with van der Waals surface area (Å²) in [5, 5.41) is 0. The summed E-state index contributed by atoms with van der Waals surface area (Å²) in [5.41, 5.74) is 6.11. The van der Waals surface area contributed by atoms with E-state index in [4.69, 9.17) is 15.2 Å². The minimum atomic E-state index is -0.0851. The number of nitrogen functional groups attached to an aromatic ring is 1.